The highest BCUT2D eigenvalue weighted by atomic mass is 16.1. The average Bonchev–Trinajstić information content (AvgIpc) is 2.85. The number of nitrogens with zero attached hydrogens (tertiary/aromatic N) is 3. The highest BCUT2D eigenvalue weighted by molar-refractivity contribution is 5.76. The van der Waals surface area contributed by atoms with Crippen LogP contribution in [0.3, 0.4) is 0 Å². The van der Waals surface area contributed by atoms with Crippen molar-refractivity contribution in [3.8, 4) is 6.07 Å². The Morgan fingerprint density at radius 3 is 2.71 bits per heavy atom. The zero-order valence-corrected chi connectivity index (χ0v) is 14.5. The van der Waals surface area contributed by atoms with Gasteiger partial charge in [-0.3, -0.25) is 9.48 Å². The lowest BCUT2D eigenvalue weighted by atomic mass is 10.1. The summed E-state index contributed by atoms with van der Waals surface area (Å²) in [4.78, 5) is 12.2. The number of aryl methyl sites for hydroxylation is 2. The number of hydrogen-bond donors (Lipinski definition) is 1. The van der Waals surface area contributed by atoms with E-state index >= 15 is 0 Å². The van der Waals surface area contributed by atoms with E-state index in [4.69, 9.17) is 5.26 Å². The number of carbonyl (C=O) groups excluding carboxylic acids is 1. The Bertz CT molecular complexity index is 728. The summed E-state index contributed by atoms with van der Waals surface area (Å²) in [5.74, 6) is 0.0370. The summed E-state index contributed by atoms with van der Waals surface area (Å²) in [6.45, 7) is 6.54. The maximum atomic E-state index is 12.2. The van der Waals surface area contributed by atoms with Crippen molar-refractivity contribution >= 4 is 5.91 Å². The van der Waals surface area contributed by atoms with Gasteiger partial charge in [-0.25, -0.2) is 0 Å². The quantitative estimate of drug-likeness (QED) is 0.850. The molecular formula is C19H24N4O. The number of nitrogens with one attached hydrogen (secondary N) is 1. The first-order valence-corrected chi connectivity index (χ1v) is 8.27. The number of benzene rings is 1. The minimum absolute atomic E-state index is 0.000698. The van der Waals surface area contributed by atoms with Crippen molar-refractivity contribution in [1.82, 2.24) is 15.1 Å². The summed E-state index contributed by atoms with van der Waals surface area (Å²) in [5, 5.41) is 16.2. The lowest BCUT2D eigenvalue weighted by Crippen LogP contribution is -2.26. The SMILES string of the molecule is Cc1nn(CCC#N)c(C)c1CCC(=O)NC(C)c1ccccc1. The van der Waals surface area contributed by atoms with Crippen LogP contribution < -0.4 is 5.32 Å². The topological polar surface area (TPSA) is 70.7 Å². The molecule has 5 heteroatoms. The van der Waals surface area contributed by atoms with Gasteiger partial charge in [0.15, 0.2) is 0 Å². The maximum Gasteiger partial charge on any atom is 0.220 e. The molecule has 0 saturated heterocycles. The summed E-state index contributed by atoms with van der Waals surface area (Å²) in [7, 11) is 0. The predicted molar refractivity (Wildman–Crippen MR) is 93.3 cm³/mol. The van der Waals surface area contributed by atoms with E-state index in [-0.39, 0.29) is 11.9 Å². The minimum atomic E-state index is -0.000698. The van der Waals surface area contributed by atoms with Crippen molar-refractivity contribution in [2.75, 3.05) is 0 Å². The molecule has 126 valence electrons. The van der Waals surface area contributed by atoms with Crippen molar-refractivity contribution in [3.05, 3.63) is 52.8 Å². The number of rotatable bonds is 7. The molecule has 0 aliphatic heterocycles. The number of hydrogen-bond acceptors (Lipinski definition) is 3. The largest absolute Gasteiger partial charge is 0.350 e. The van der Waals surface area contributed by atoms with Gasteiger partial charge < -0.3 is 5.32 Å². The van der Waals surface area contributed by atoms with Crippen molar-refractivity contribution in [1.29, 1.82) is 5.26 Å². The van der Waals surface area contributed by atoms with Gasteiger partial charge in [-0.2, -0.15) is 10.4 Å². The number of aromatic nitrogens is 2. The fourth-order valence-electron chi connectivity index (χ4n) is 2.85. The first-order valence-electron chi connectivity index (χ1n) is 8.27. The van der Waals surface area contributed by atoms with Crippen LogP contribution in [0.5, 0.6) is 0 Å². The van der Waals surface area contributed by atoms with Crippen molar-refractivity contribution < 1.29 is 4.79 Å². The Morgan fingerprint density at radius 2 is 2.04 bits per heavy atom. The van der Waals surface area contributed by atoms with Gasteiger partial charge in [0.05, 0.1) is 30.8 Å². The van der Waals surface area contributed by atoms with Crippen LogP contribution in [0, 0.1) is 25.2 Å². The molecule has 0 bridgehead atoms. The highest BCUT2D eigenvalue weighted by Gasteiger charge is 2.14. The van der Waals surface area contributed by atoms with Crippen LogP contribution in [0.15, 0.2) is 30.3 Å². The molecule has 0 spiro atoms. The third-order valence-corrected chi connectivity index (χ3v) is 4.25. The van der Waals surface area contributed by atoms with Crippen molar-refractivity contribution in [3.63, 3.8) is 0 Å². The summed E-state index contributed by atoms with van der Waals surface area (Å²) in [5.41, 5.74) is 4.19. The molecule has 1 N–H and O–H groups in total. The zero-order chi connectivity index (χ0) is 17.5. The van der Waals surface area contributed by atoms with Gasteiger partial charge in [0.25, 0.3) is 0 Å². The average molecular weight is 324 g/mol. The van der Waals surface area contributed by atoms with Gasteiger partial charge in [0, 0.05) is 12.1 Å². The zero-order valence-electron chi connectivity index (χ0n) is 14.5. The lowest BCUT2D eigenvalue weighted by Gasteiger charge is -2.14. The molecule has 1 heterocycles. The van der Waals surface area contributed by atoms with E-state index < -0.39 is 0 Å². The molecule has 1 amide bonds. The Kier molecular flexibility index (Phi) is 6.14. The normalized spacial score (nSPS) is 11.8. The molecular weight excluding hydrogens is 300 g/mol. The van der Waals surface area contributed by atoms with Crippen molar-refractivity contribution in [2.24, 2.45) is 0 Å². The van der Waals surface area contributed by atoms with Gasteiger partial charge in [0.1, 0.15) is 0 Å². The Labute approximate surface area is 143 Å². The van der Waals surface area contributed by atoms with Crippen LogP contribution in [-0.2, 0) is 17.8 Å². The number of carbonyl (C=O) groups is 1. The van der Waals surface area contributed by atoms with Crippen LogP contribution >= 0.6 is 0 Å². The number of nitriles is 1. The molecule has 1 aromatic heterocycles. The summed E-state index contributed by atoms with van der Waals surface area (Å²) < 4.78 is 1.86. The standard InChI is InChI=1S/C19H24N4O/c1-14(17-8-5-4-6-9-17)21-19(24)11-10-18-15(2)22-23(16(18)3)13-7-12-20/h4-6,8-9,14H,7,10-11,13H2,1-3H3,(H,21,24). The Balaban J connectivity index is 1.92. The third-order valence-electron chi connectivity index (χ3n) is 4.25. The summed E-state index contributed by atoms with van der Waals surface area (Å²) in [6, 6.07) is 12.1. The molecule has 5 nitrogen and oxygen atoms in total. The van der Waals surface area contributed by atoms with E-state index in [0.717, 1.165) is 22.5 Å². The van der Waals surface area contributed by atoms with Crippen molar-refractivity contribution in [2.45, 2.75) is 52.6 Å². The number of amides is 1. The summed E-state index contributed by atoms with van der Waals surface area (Å²) >= 11 is 0. The van der Waals surface area contributed by atoms with Gasteiger partial charge in [-0.15, -0.1) is 0 Å². The van der Waals surface area contributed by atoms with Crippen LogP contribution in [-0.4, -0.2) is 15.7 Å². The van der Waals surface area contributed by atoms with Crippen LogP contribution in [0.25, 0.3) is 0 Å². The molecule has 2 rings (SSSR count). The second-order valence-corrected chi connectivity index (χ2v) is 5.98. The second kappa shape index (κ2) is 8.30. The molecule has 24 heavy (non-hydrogen) atoms. The molecule has 2 aromatic rings. The third kappa shape index (κ3) is 4.45. The fourth-order valence-corrected chi connectivity index (χ4v) is 2.85. The van der Waals surface area contributed by atoms with E-state index in [2.05, 4.69) is 16.5 Å². The Hall–Kier alpha value is -2.61. The van der Waals surface area contributed by atoms with E-state index in [1.165, 1.54) is 0 Å². The van der Waals surface area contributed by atoms with E-state index in [9.17, 15) is 4.79 Å². The monoisotopic (exact) mass is 324 g/mol. The van der Waals surface area contributed by atoms with Crippen LogP contribution in [0.2, 0.25) is 0 Å². The van der Waals surface area contributed by atoms with E-state index in [0.29, 0.717) is 25.8 Å². The first kappa shape index (κ1) is 17.7. The maximum absolute atomic E-state index is 12.2. The van der Waals surface area contributed by atoms with Gasteiger partial charge in [-0.1, -0.05) is 30.3 Å². The second-order valence-electron chi connectivity index (χ2n) is 5.98. The molecule has 0 saturated carbocycles. The molecule has 0 fully saturated rings. The first-order chi connectivity index (χ1) is 11.5. The molecule has 0 radical (unpaired) electrons. The predicted octanol–water partition coefficient (Wildman–Crippen LogP) is 3.22. The molecule has 1 unspecified atom stereocenters. The molecule has 1 atom stereocenters. The Morgan fingerprint density at radius 1 is 1.33 bits per heavy atom. The van der Waals surface area contributed by atoms with Gasteiger partial charge in [-0.05, 0) is 38.3 Å². The molecule has 0 aliphatic carbocycles. The lowest BCUT2D eigenvalue weighted by molar-refractivity contribution is -0.121. The summed E-state index contributed by atoms with van der Waals surface area (Å²) in [6.07, 6.45) is 1.54. The molecule has 0 aliphatic rings. The van der Waals surface area contributed by atoms with Crippen LogP contribution in [0.4, 0.5) is 0 Å². The smallest absolute Gasteiger partial charge is 0.220 e. The van der Waals surface area contributed by atoms with E-state index in [1.54, 1.807) is 0 Å². The van der Waals surface area contributed by atoms with E-state index in [1.807, 2.05) is 55.8 Å². The highest BCUT2D eigenvalue weighted by Crippen LogP contribution is 2.16. The van der Waals surface area contributed by atoms with Gasteiger partial charge in [0.2, 0.25) is 5.91 Å². The van der Waals surface area contributed by atoms with Crippen LogP contribution in [0.1, 0.15) is 48.3 Å². The minimum Gasteiger partial charge on any atom is -0.350 e. The van der Waals surface area contributed by atoms with Gasteiger partial charge >= 0.3 is 0 Å². The fraction of sp³-hybridized carbons (Fsp3) is 0.421. The molecule has 1 aromatic carbocycles.